The predicted molar refractivity (Wildman–Crippen MR) is 80.6 cm³/mol. The zero-order chi connectivity index (χ0) is 15.7. The molecule has 2 bridgehead atoms. The van der Waals surface area contributed by atoms with Crippen LogP contribution in [-0.2, 0) is 4.79 Å². The maximum atomic E-state index is 13.5. The Bertz CT molecular complexity index is 554. The fraction of sp³-hybridized carbons (Fsp3) is 0.562. The van der Waals surface area contributed by atoms with E-state index in [0.717, 1.165) is 31.0 Å². The first-order chi connectivity index (χ1) is 10.5. The lowest BCUT2D eigenvalue weighted by Gasteiger charge is -2.35. The van der Waals surface area contributed by atoms with Crippen LogP contribution in [0.4, 0.5) is 14.5 Å². The molecular weight excluding hydrogens is 288 g/mol. The first kappa shape index (κ1) is 15.4. The van der Waals surface area contributed by atoms with E-state index in [0.29, 0.717) is 18.1 Å². The number of nitrogens with one attached hydrogen (secondary N) is 2. The van der Waals surface area contributed by atoms with Crippen LogP contribution in [0.2, 0.25) is 0 Å². The Morgan fingerprint density at radius 2 is 2.00 bits per heavy atom. The number of benzene rings is 1. The number of amides is 1. The number of likely N-dealkylation sites (N-methyl/N-ethyl adjacent to an activating group) is 1. The minimum absolute atomic E-state index is 0.108. The molecule has 1 aromatic rings. The second-order valence-corrected chi connectivity index (χ2v) is 6.35. The van der Waals surface area contributed by atoms with Crippen LogP contribution in [0.25, 0.3) is 0 Å². The number of rotatable bonds is 4. The number of piperidine rings is 1. The predicted octanol–water partition coefficient (Wildman–Crippen LogP) is 2.12. The van der Waals surface area contributed by atoms with Crippen LogP contribution in [-0.4, -0.2) is 42.5 Å². The van der Waals surface area contributed by atoms with Gasteiger partial charge < -0.3 is 10.6 Å². The molecule has 2 fully saturated rings. The second kappa shape index (κ2) is 6.30. The molecule has 3 rings (SSSR count). The van der Waals surface area contributed by atoms with Gasteiger partial charge in [0.15, 0.2) is 0 Å². The van der Waals surface area contributed by atoms with Crippen molar-refractivity contribution in [2.24, 2.45) is 0 Å². The highest BCUT2D eigenvalue weighted by molar-refractivity contribution is 5.92. The molecule has 2 unspecified atom stereocenters. The summed E-state index contributed by atoms with van der Waals surface area (Å²) >= 11 is 0. The van der Waals surface area contributed by atoms with E-state index in [1.807, 2.05) is 11.9 Å². The SMILES string of the molecule is CN(CC(=O)Nc1cc(F)ccc1F)C1CC2CCC(C1)N2. The topological polar surface area (TPSA) is 44.4 Å². The Morgan fingerprint density at radius 3 is 2.68 bits per heavy atom. The van der Waals surface area contributed by atoms with E-state index in [4.69, 9.17) is 0 Å². The van der Waals surface area contributed by atoms with Gasteiger partial charge in [0.1, 0.15) is 11.6 Å². The van der Waals surface area contributed by atoms with Crippen molar-refractivity contribution in [3.63, 3.8) is 0 Å². The van der Waals surface area contributed by atoms with Gasteiger partial charge in [0.05, 0.1) is 12.2 Å². The molecule has 0 saturated carbocycles. The lowest BCUT2D eigenvalue weighted by atomic mass is 9.98. The zero-order valence-corrected chi connectivity index (χ0v) is 12.6. The summed E-state index contributed by atoms with van der Waals surface area (Å²) in [4.78, 5) is 14.1. The number of fused-ring (bicyclic) bond motifs is 2. The van der Waals surface area contributed by atoms with Crippen LogP contribution in [0.15, 0.2) is 18.2 Å². The highest BCUT2D eigenvalue weighted by Gasteiger charge is 2.35. The average Bonchev–Trinajstić information content (AvgIpc) is 2.81. The fourth-order valence-corrected chi connectivity index (χ4v) is 3.53. The number of carbonyl (C=O) groups excluding carboxylic acids is 1. The molecule has 0 aromatic heterocycles. The molecule has 0 radical (unpaired) electrons. The van der Waals surface area contributed by atoms with Crippen LogP contribution >= 0.6 is 0 Å². The number of nitrogens with zero attached hydrogens (tertiary/aromatic N) is 1. The van der Waals surface area contributed by atoms with Gasteiger partial charge >= 0.3 is 0 Å². The lowest BCUT2D eigenvalue weighted by molar-refractivity contribution is -0.117. The largest absolute Gasteiger partial charge is 0.322 e. The van der Waals surface area contributed by atoms with Gasteiger partial charge in [0.2, 0.25) is 5.91 Å². The van der Waals surface area contributed by atoms with E-state index in [1.54, 1.807) is 0 Å². The van der Waals surface area contributed by atoms with Crippen molar-refractivity contribution < 1.29 is 13.6 Å². The summed E-state index contributed by atoms with van der Waals surface area (Å²) in [6.45, 7) is 0.181. The molecule has 2 aliphatic heterocycles. The van der Waals surface area contributed by atoms with E-state index in [1.165, 1.54) is 12.8 Å². The Labute approximate surface area is 128 Å². The molecule has 1 amide bonds. The molecule has 0 aliphatic carbocycles. The average molecular weight is 309 g/mol. The molecule has 2 aliphatic rings. The standard InChI is InChI=1S/C16H21F2N3O/c1-21(13-7-11-3-4-12(8-13)19-11)9-16(22)20-15-6-10(17)2-5-14(15)18/h2,5-6,11-13,19H,3-4,7-9H2,1H3,(H,20,22). The molecule has 2 N–H and O–H groups in total. The van der Waals surface area contributed by atoms with E-state index in [2.05, 4.69) is 10.6 Å². The number of anilines is 1. The molecular formula is C16H21F2N3O. The van der Waals surface area contributed by atoms with Crippen LogP contribution in [0.1, 0.15) is 25.7 Å². The smallest absolute Gasteiger partial charge is 0.238 e. The first-order valence-electron chi connectivity index (χ1n) is 7.72. The third kappa shape index (κ3) is 3.44. The van der Waals surface area contributed by atoms with Gasteiger partial charge in [0.25, 0.3) is 0 Å². The maximum absolute atomic E-state index is 13.5. The highest BCUT2D eigenvalue weighted by Crippen LogP contribution is 2.29. The summed E-state index contributed by atoms with van der Waals surface area (Å²) in [6.07, 6.45) is 4.48. The van der Waals surface area contributed by atoms with Gasteiger partial charge in [0, 0.05) is 24.2 Å². The van der Waals surface area contributed by atoms with Gasteiger partial charge in [-0.3, -0.25) is 9.69 Å². The van der Waals surface area contributed by atoms with Crippen molar-refractivity contribution in [3.05, 3.63) is 29.8 Å². The first-order valence-corrected chi connectivity index (χ1v) is 7.72. The van der Waals surface area contributed by atoms with Crippen molar-refractivity contribution in [2.45, 2.75) is 43.8 Å². The number of hydrogen-bond donors (Lipinski definition) is 2. The summed E-state index contributed by atoms with van der Waals surface area (Å²) in [5, 5.41) is 6.01. The Morgan fingerprint density at radius 1 is 1.32 bits per heavy atom. The Hall–Kier alpha value is -1.53. The molecule has 2 saturated heterocycles. The molecule has 120 valence electrons. The van der Waals surface area contributed by atoms with Crippen molar-refractivity contribution in [3.8, 4) is 0 Å². The summed E-state index contributed by atoms with van der Waals surface area (Å²) in [5.74, 6) is -1.52. The van der Waals surface area contributed by atoms with Gasteiger partial charge in [-0.05, 0) is 44.9 Å². The van der Waals surface area contributed by atoms with E-state index >= 15 is 0 Å². The summed E-state index contributed by atoms with van der Waals surface area (Å²) < 4.78 is 26.6. The van der Waals surface area contributed by atoms with Gasteiger partial charge in [-0.15, -0.1) is 0 Å². The number of carbonyl (C=O) groups is 1. The van der Waals surface area contributed by atoms with Crippen LogP contribution in [0.3, 0.4) is 0 Å². The van der Waals surface area contributed by atoms with Gasteiger partial charge in [-0.2, -0.15) is 0 Å². The van der Waals surface area contributed by atoms with Gasteiger partial charge in [-0.25, -0.2) is 8.78 Å². The number of hydrogen-bond acceptors (Lipinski definition) is 3. The normalized spacial score (nSPS) is 27.2. The van der Waals surface area contributed by atoms with Crippen LogP contribution < -0.4 is 10.6 Å². The lowest BCUT2D eigenvalue weighted by Crippen LogP contribution is -2.48. The van der Waals surface area contributed by atoms with Crippen molar-refractivity contribution in [1.29, 1.82) is 0 Å². The molecule has 6 heteroatoms. The Balaban J connectivity index is 1.56. The summed E-state index contributed by atoms with van der Waals surface area (Å²) in [5.41, 5.74) is -0.108. The molecule has 1 aromatic carbocycles. The Kier molecular flexibility index (Phi) is 4.40. The van der Waals surface area contributed by atoms with Crippen molar-refractivity contribution in [1.82, 2.24) is 10.2 Å². The summed E-state index contributed by atoms with van der Waals surface area (Å²) in [6, 6.07) is 4.51. The number of halogens is 2. The fourth-order valence-electron chi connectivity index (χ4n) is 3.53. The minimum Gasteiger partial charge on any atom is -0.322 e. The quantitative estimate of drug-likeness (QED) is 0.895. The third-order valence-corrected chi connectivity index (χ3v) is 4.67. The van der Waals surface area contributed by atoms with Crippen LogP contribution in [0.5, 0.6) is 0 Å². The van der Waals surface area contributed by atoms with E-state index < -0.39 is 11.6 Å². The monoisotopic (exact) mass is 309 g/mol. The second-order valence-electron chi connectivity index (χ2n) is 6.35. The molecule has 2 heterocycles. The van der Waals surface area contributed by atoms with E-state index in [-0.39, 0.29) is 18.1 Å². The maximum Gasteiger partial charge on any atom is 0.238 e. The molecule has 2 atom stereocenters. The van der Waals surface area contributed by atoms with Crippen molar-refractivity contribution >= 4 is 11.6 Å². The van der Waals surface area contributed by atoms with Gasteiger partial charge in [-0.1, -0.05) is 0 Å². The minimum atomic E-state index is -0.627. The van der Waals surface area contributed by atoms with Crippen molar-refractivity contribution in [2.75, 3.05) is 18.9 Å². The third-order valence-electron chi connectivity index (χ3n) is 4.67. The van der Waals surface area contributed by atoms with E-state index in [9.17, 15) is 13.6 Å². The highest BCUT2D eigenvalue weighted by atomic mass is 19.1. The summed E-state index contributed by atoms with van der Waals surface area (Å²) in [7, 11) is 1.91. The van der Waals surface area contributed by atoms with Crippen LogP contribution in [0, 0.1) is 11.6 Å². The molecule has 4 nitrogen and oxygen atoms in total. The zero-order valence-electron chi connectivity index (χ0n) is 12.6. The molecule has 0 spiro atoms. The molecule has 22 heavy (non-hydrogen) atoms.